The van der Waals surface area contributed by atoms with Gasteiger partial charge in [0, 0.05) is 5.56 Å². The van der Waals surface area contributed by atoms with Crippen LogP contribution in [0.15, 0.2) is 30.3 Å². The Morgan fingerprint density at radius 2 is 1.82 bits per heavy atom. The molecule has 0 aliphatic heterocycles. The maximum absolute atomic E-state index is 10.6. The van der Waals surface area contributed by atoms with Crippen LogP contribution < -0.4 is 0 Å². The third-order valence-electron chi connectivity index (χ3n) is 2.06. The Balaban J connectivity index is 0.000000304. The van der Waals surface area contributed by atoms with Crippen LogP contribution in [0.3, 0.4) is 0 Å². The van der Waals surface area contributed by atoms with Crippen molar-refractivity contribution in [2.75, 3.05) is 0 Å². The molecule has 17 heavy (non-hydrogen) atoms. The van der Waals surface area contributed by atoms with E-state index in [0.29, 0.717) is 0 Å². The lowest BCUT2D eigenvalue weighted by atomic mass is 10.2. The molecule has 0 heterocycles. The molecule has 1 unspecified atom stereocenters. The molecule has 4 nitrogen and oxygen atoms in total. The van der Waals surface area contributed by atoms with Gasteiger partial charge in [-0.15, -0.1) is 0 Å². The van der Waals surface area contributed by atoms with Crippen LogP contribution in [-0.4, -0.2) is 23.1 Å². The maximum Gasteiger partial charge on any atom is 0.506 e. The molecule has 0 bridgehead atoms. The highest BCUT2D eigenvalue weighted by Crippen LogP contribution is 1.97. The summed E-state index contributed by atoms with van der Waals surface area (Å²) < 4.78 is 4.32. The summed E-state index contributed by atoms with van der Waals surface area (Å²) in [6.07, 6.45) is -0.640. The molecular weight excluding hydrogens is 220 g/mol. The number of hydrogen-bond acceptors (Lipinski definition) is 3. The van der Waals surface area contributed by atoms with Crippen molar-refractivity contribution in [2.24, 2.45) is 0 Å². The van der Waals surface area contributed by atoms with Gasteiger partial charge in [0.05, 0.1) is 0 Å². The smallest absolute Gasteiger partial charge is 0.450 e. The molecule has 1 N–H and O–H groups in total. The average Bonchev–Trinajstić information content (AvgIpc) is 2.30. The fourth-order valence-electron chi connectivity index (χ4n) is 0.928. The Labute approximate surface area is 101 Å². The van der Waals surface area contributed by atoms with Gasteiger partial charge in [-0.3, -0.25) is 4.79 Å². The molecule has 1 aromatic rings. The van der Waals surface area contributed by atoms with E-state index in [1.165, 1.54) is 0 Å². The van der Waals surface area contributed by atoms with Crippen molar-refractivity contribution < 1.29 is 19.4 Å². The van der Waals surface area contributed by atoms with Crippen LogP contribution in [0, 0.1) is 0 Å². The van der Waals surface area contributed by atoms with E-state index in [9.17, 15) is 9.59 Å². The topological polar surface area (TPSA) is 63.6 Å². The Hall–Kier alpha value is -1.84. The Morgan fingerprint density at radius 1 is 1.29 bits per heavy atom. The number of carbonyl (C=O) groups excluding carboxylic acids is 1. The normalized spacial score (nSPS) is 10.8. The summed E-state index contributed by atoms with van der Waals surface area (Å²) in [5, 5.41) is 7.99. The minimum absolute atomic E-state index is 0.121. The number of rotatable bonds is 3. The summed E-state index contributed by atoms with van der Waals surface area (Å²) in [4.78, 5) is 20.4. The highest BCUT2D eigenvalue weighted by molar-refractivity contribution is 5.93. The van der Waals surface area contributed by atoms with Gasteiger partial charge in [0.2, 0.25) is 0 Å². The predicted octanol–water partition coefficient (Wildman–Crippen LogP) is 3.37. The number of ether oxygens (including phenoxy) is 1. The van der Waals surface area contributed by atoms with E-state index >= 15 is 0 Å². The molecule has 0 aromatic heterocycles. The number of carbonyl (C=O) groups is 2. The van der Waals surface area contributed by atoms with Crippen LogP contribution in [-0.2, 0) is 4.74 Å². The van der Waals surface area contributed by atoms with Gasteiger partial charge < -0.3 is 9.84 Å². The third kappa shape index (κ3) is 8.02. The first kappa shape index (κ1) is 15.2. The van der Waals surface area contributed by atoms with Gasteiger partial charge in [0.25, 0.3) is 0 Å². The lowest BCUT2D eigenvalue weighted by molar-refractivity contribution is 0.0577. The first-order valence-corrected chi connectivity index (χ1v) is 5.43. The molecule has 1 aromatic carbocycles. The molecule has 0 saturated heterocycles. The van der Waals surface area contributed by atoms with Gasteiger partial charge in [0.1, 0.15) is 6.10 Å². The number of carboxylic acid groups (broad SMARTS) is 1. The van der Waals surface area contributed by atoms with Crippen molar-refractivity contribution in [1.82, 2.24) is 0 Å². The second-order valence-electron chi connectivity index (χ2n) is 3.52. The molecule has 1 rings (SSSR count). The molecule has 0 aliphatic carbocycles. The molecule has 0 spiro atoms. The second-order valence-corrected chi connectivity index (χ2v) is 3.52. The fourth-order valence-corrected chi connectivity index (χ4v) is 0.928. The lowest BCUT2D eigenvalue weighted by Crippen LogP contribution is -2.10. The highest BCUT2D eigenvalue weighted by Gasteiger charge is 2.01. The van der Waals surface area contributed by atoms with Crippen LogP contribution in [0.4, 0.5) is 4.79 Å². The summed E-state index contributed by atoms with van der Waals surface area (Å²) in [5.74, 6) is 0.121. The van der Waals surface area contributed by atoms with Crippen LogP contribution >= 0.6 is 0 Å². The fraction of sp³-hybridized carbons (Fsp3) is 0.385. The van der Waals surface area contributed by atoms with E-state index in [0.717, 1.165) is 12.0 Å². The van der Waals surface area contributed by atoms with Crippen molar-refractivity contribution in [1.29, 1.82) is 0 Å². The summed E-state index contributed by atoms with van der Waals surface area (Å²) in [6.45, 7) is 5.15. The zero-order valence-electron chi connectivity index (χ0n) is 10.3. The summed E-state index contributed by atoms with van der Waals surface area (Å²) in [6, 6.07) is 9.23. The van der Waals surface area contributed by atoms with Gasteiger partial charge in [0.15, 0.2) is 5.78 Å². The molecule has 4 heteroatoms. The summed E-state index contributed by atoms with van der Waals surface area (Å²) >= 11 is 0. The molecule has 0 saturated carbocycles. The van der Waals surface area contributed by atoms with Crippen LogP contribution in [0.2, 0.25) is 0 Å². The van der Waals surface area contributed by atoms with Crippen molar-refractivity contribution in [3.63, 3.8) is 0 Å². The summed E-state index contributed by atoms with van der Waals surface area (Å²) in [5.41, 5.74) is 0.775. The Bertz CT molecular complexity index is 346. The Kier molecular flexibility index (Phi) is 7.43. The zero-order valence-corrected chi connectivity index (χ0v) is 10.3. The Morgan fingerprint density at radius 3 is 2.06 bits per heavy atom. The van der Waals surface area contributed by atoms with Crippen molar-refractivity contribution in [3.8, 4) is 0 Å². The van der Waals surface area contributed by atoms with Gasteiger partial charge in [-0.05, 0) is 20.3 Å². The number of benzene rings is 1. The molecule has 0 amide bonds. The van der Waals surface area contributed by atoms with E-state index in [1.54, 1.807) is 13.8 Å². The minimum Gasteiger partial charge on any atom is -0.450 e. The van der Waals surface area contributed by atoms with E-state index in [2.05, 4.69) is 4.74 Å². The van der Waals surface area contributed by atoms with Crippen molar-refractivity contribution in [3.05, 3.63) is 35.9 Å². The lowest BCUT2D eigenvalue weighted by Gasteiger charge is -2.04. The van der Waals surface area contributed by atoms with Gasteiger partial charge in [-0.1, -0.05) is 37.3 Å². The molecule has 0 radical (unpaired) electrons. The van der Waals surface area contributed by atoms with Crippen LogP contribution in [0.1, 0.15) is 37.6 Å². The molecule has 94 valence electrons. The second kappa shape index (κ2) is 8.33. The van der Waals surface area contributed by atoms with E-state index in [1.807, 2.05) is 37.3 Å². The molecule has 0 aliphatic rings. The van der Waals surface area contributed by atoms with Crippen molar-refractivity contribution in [2.45, 2.75) is 33.3 Å². The average molecular weight is 238 g/mol. The first-order chi connectivity index (χ1) is 7.97. The third-order valence-corrected chi connectivity index (χ3v) is 2.06. The number of hydrogen-bond donors (Lipinski definition) is 1. The predicted molar refractivity (Wildman–Crippen MR) is 65.3 cm³/mol. The zero-order chi connectivity index (χ0) is 13.3. The molecule has 0 fully saturated rings. The number of Topliss-reactive ketones (excluding diaryl/α,β-unsaturated/α-hetero) is 1. The largest absolute Gasteiger partial charge is 0.506 e. The monoisotopic (exact) mass is 238 g/mol. The van der Waals surface area contributed by atoms with Gasteiger partial charge in [-0.2, -0.15) is 0 Å². The number of ketones is 1. The standard InChI is InChI=1S/C8H8O.C5H10O3/c1-7(9)8-5-3-2-4-6-8;1-3-4(2)8-5(6)7/h2-6H,1H3;4H,3H2,1-2H3,(H,6,7). The van der Waals surface area contributed by atoms with E-state index in [4.69, 9.17) is 5.11 Å². The van der Waals surface area contributed by atoms with Gasteiger partial charge in [-0.25, -0.2) is 4.79 Å². The van der Waals surface area contributed by atoms with Crippen LogP contribution in [0.5, 0.6) is 0 Å². The van der Waals surface area contributed by atoms with E-state index < -0.39 is 6.16 Å². The SMILES string of the molecule is CC(=O)c1ccccc1.CCC(C)OC(=O)O. The summed E-state index contributed by atoms with van der Waals surface area (Å²) in [7, 11) is 0. The first-order valence-electron chi connectivity index (χ1n) is 5.43. The van der Waals surface area contributed by atoms with E-state index in [-0.39, 0.29) is 11.9 Å². The maximum atomic E-state index is 10.6. The molecular formula is C13H18O4. The minimum atomic E-state index is -1.20. The van der Waals surface area contributed by atoms with Crippen molar-refractivity contribution >= 4 is 11.9 Å². The highest BCUT2D eigenvalue weighted by atomic mass is 16.7. The van der Waals surface area contributed by atoms with Gasteiger partial charge >= 0.3 is 6.16 Å². The van der Waals surface area contributed by atoms with Crippen LogP contribution in [0.25, 0.3) is 0 Å². The molecule has 1 atom stereocenters. The quantitative estimate of drug-likeness (QED) is 0.647.